The molecule has 0 radical (unpaired) electrons. The molecule has 0 aromatic heterocycles. The van der Waals surface area contributed by atoms with E-state index in [4.69, 9.17) is 15.3 Å². The molecule has 2 atom stereocenters. The first-order valence-electron chi connectivity index (χ1n) is 3.77. The third-order valence-corrected chi connectivity index (χ3v) is 1.15. The zero-order chi connectivity index (χ0) is 13.5. The predicted octanol–water partition coefficient (Wildman–Crippen LogP) is -4.53. The SMILES string of the molecule is C=C(C)C(=O)O.O=C([O-])C(O)C(O)C(=O)[O-].[Mg+2]. The van der Waals surface area contributed by atoms with Gasteiger partial charge in [-0.05, 0) is 6.92 Å². The van der Waals surface area contributed by atoms with Gasteiger partial charge < -0.3 is 35.1 Å². The number of carboxylic acids is 3. The van der Waals surface area contributed by atoms with Gasteiger partial charge in [0.15, 0.2) is 0 Å². The standard InChI is InChI=1S/C4H6O6.C4H6O2.Mg/c5-1(3(7)8)2(6)4(9)10;1-3(2)4(5)6;/h1-2,5-6H,(H,7,8)(H,9,10);1H2,2H3,(H,5,6);/q;;+2/p-2. The first-order valence-corrected chi connectivity index (χ1v) is 3.77. The van der Waals surface area contributed by atoms with Gasteiger partial charge in [0.05, 0.1) is 11.9 Å². The van der Waals surface area contributed by atoms with Gasteiger partial charge in [-0.2, -0.15) is 0 Å². The summed E-state index contributed by atoms with van der Waals surface area (Å²) in [6.45, 7) is 4.60. The van der Waals surface area contributed by atoms with Crippen molar-refractivity contribution in [3.63, 3.8) is 0 Å². The number of rotatable bonds is 4. The number of aliphatic carboxylic acids is 3. The smallest absolute Gasteiger partial charge is 0.547 e. The molecule has 3 N–H and O–H groups in total. The predicted molar refractivity (Wildman–Crippen MR) is 50.2 cm³/mol. The van der Waals surface area contributed by atoms with Gasteiger partial charge in [0.25, 0.3) is 0 Å². The molecule has 8 nitrogen and oxygen atoms in total. The quantitative estimate of drug-likeness (QED) is 0.336. The maximum Gasteiger partial charge on any atom is 2.00 e. The van der Waals surface area contributed by atoms with E-state index in [1.807, 2.05) is 0 Å². The van der Waals surface area contributed by atoms with Crippen molar-refractivity contribution in [3.8, 4) is 0 Å². The van der Waals surface area contributed by atoms with Crippen LogP contribution in [0.4, 0.5) is 0 Å². The second kappa shape index (κ2) is 10.0. The third kappa shape index (κ3) is 11.1. The van der Waals surface area contributed by atoms with E-state index < -0.39 is 30.1 Å². The summed E-state index contributed by atoms with van der Waals surface area (Å²) < 4.78 is 0. The van der Waals surface area contributed by atoms with Gasteiger partial charge >= 0.3 is 29.0 Å². The van der Waals surface area contributed by atoms with Crippen molar-refractivity contribution >= 4 is 41.0 Å². The number of hydrogen-bond acceptors (Lipinski definition) is 7. The van der Waals surface area contributed by atoms with E-state index in [2.05, 4.69) is 6.58 Å². The minimum absolute atomic E-state index is 0. The Labute approximate surface area is 112 Å². The maximum atomic E-state index is 9.63. The summed E-state index contributed by atoms with van der Waals surface area (Å²) in [6, 6.07) is 0. The van der Waals surface area contributed by atoms with E-state index in [1.165, 1.54) is 6.92 Å². The molecule has 0 saturated carbocycles. The molecule has 0 saturated heterocycles. The largest absolute Gasteiger partial charge is 2.00 e. The minimum Gasteiger partial charge on any atom is -0.547 e. The molecule has 17 heavy (non-hydrogen) atoms. The Morgan fingerprint density at radius 1 is 1.06 bits per heavy atom. The molecule has 0 aromatic rings. The summed E-state index contributed by atoms with van der Waals surface area (Å²) in [7, 11) is 0. The zero-order valence-electron chi connectivity index (χ0n) is 8.95. The van der Waals surface area contributed by atoms with Crippen molar-refractivity contribution < 1.29 is 39.9 Å². The van der Waals surface area contributed by atoms with Crippen molar-refractivity contribution in [1.82, 2.24) is 0 Å². The average molecular weight is 258 g/mol. The monoisotopic (exact) mass is 258 g/mol. The summed E-state index contributed by atoms with van der Waals surface area (Å²) in [6.07, 6.45) is -4.88. The normalized spacial score (nSPS) is 11.9. The molecule has 0 rings (SSSR count). The number of carbonyl (C=O) groups excluding carboxylic acids is 2. The Morgan fingerprint density at radius 3 is 1.29 bits per heavy atom. The Hall–Kier alpha value is -1.16. The van der Waals surface area contributed by atoms with Gasteiger partial charge in [0.2, 0.25) is 0 Å². The summed E-state index contributed by atoms with van der Waals surface area (Å²) in [5.74, 6) is -5.05. The van der Waals surface area contributed by atoms with Crippen LogP contribution < -0.4 is 10.2 Å². The number of carboxylic acid groups (broad SMARTS) is 3. The van der Waals surface area contributed by atoms with Gasteiger partial charge in [-0.15, -0.1) is 0 Å². The van der Waals surface area contributed by atoms with Crippen molar-refractivity contribution in [2.24, 2.45) is 0 Å². The van der Waals surface area contributed by atoms with Crippen LogP contribution in [-0.4, -0.2) is 68.5 Å². The molecule has 0 fully saturated rings. The first-order chi connectivity index (χ1) is 7.11. The van der Waals surface area contributed by atoms with Gasteiger partial charge in [-0.1, -0.05) is 6.58 Å². The van der Waals surface area contributed by atoms with E-state index in [0.29, 0.717) is 0 Å². The minimum atomic E-state index is -2.44. The van der Waals surface area contributed by atoms with Crippen LogP contribution in [0.5, 0.6) is 0 Å². The molecular weight excluding hydrogens is 248 g/mol. The molecule has 0 heterocycles. The fraction of sp³-hybridized carbons (Fsp3) is 0.375. The molecule has 9 heteroatoms. The van der Waals surface area contributed by atoms with E-state index in [9.17, 15) is 24.6 Å². The molecule has 0 bridgehead atoms. The van der Waals surface area contributed by atoms with E-state index >= 15 is 0 Å². The van der Waals surface area contributed by atoms with Crippen LogP contribution >= 0.6 is 0 Å². The van der Waals surface area contributed by atoms with Gasteiger partial charge in [-0.25, -0.2) is 4.79 Å². The summed E-state index contributed by atoms with van der Waals surface area (Å²) in [5, 5.41) is 43.6. The van der Waals surface area contributed by atoms with Crippen molar-refractivity contribution in [3.05, 3.63) is 12.2 Å². The Morgan fingerprint density at radius 2 is 1.24 bits per heavy atom. The molecule has 0 aliphatic heterocycles. The van der Waals surface area contributed by atoms with Gasteiger partial charge in [-0.3, -0.25) is 0 Å². The third-order valence-electron chi connectivity index (χ3n) is 1.15. The van der Waals surface area contributed by atoms with Crippen LogP contribution in [0.2, 0.25) is 0 Å². The zero-order valence-corrected chi connectivity index (χ0v) is 10.4. The summed E-state index contributed by atoms with van der Waals surface area (Å²) in [4.78, 5) is 28.9. The number of aliphatic hydroxyl groups is 2. The molecule has 0 aliphatic rings. The Balaban J connectivity index is -0.000000244. The van der Waals surface area contributed by atoms with Crippen LogP contribution in [0.15, 0.2) is 12.2 Å². The van der Waals surface area contributed by atoms with Crippen LogP contribution in [0, 0.1) is 0 Å². The molecule has 92 valence electrons. The van der Waals surface area contributed by atoms with E-state index in [-0.39, 0.29) is 28.6 Å². The molecular formula is C8H10MgO8. The van der Waals surface area contributed by atoms with E-state index in [1.54, 1.807) is 0 Å². The summed E-state index contributed by atoms with van der Waals surface area (Å²) in [5.41, 5.74) is 0.176. The molecule has 0 aliphatic carbocycles. The molecule has 0 aromatic carbocycles. The van der Waals surface area contributed by atoms with Crippen LogP contribution in [0.3, 0.4) is 0 Å². The second-order valence-electron chi connectivity index (χ2n) is 2.61. The maximum absolute atomic E-state index is 9.63. The van der Waals surface area contributed by atoms with Crippen LogP contribution in [0.1, 0.15) is 6.92 Å². The first kappa shape index (κ1) is 21.2. The van der Waals surface area contributed by atoms with Gasteiger partial charge in [0, 0.05) is 5.57 Å². The van der Waals surface area contributed by atoms with Crippen LogP contribution in [0.25, 0.3) is 0 Å². The van der Waals surface area contributed by atoms with E-state index in [0.717, 1.165) is 0 Å². The molecule has 0 spiro atoms. The number of aliphatic hydroxyl groups excluding tert-OH is 2. The van der Waals surface area contributed by atoms with Crippen molar-refractivity contribution in [2.45, 2.75) is 19.1 Å². The second-order valence-corrected chi connectivity index (χ2v) is 2.61. The fourth-order valence-electron chi connectivity index (χ4n) is 0.258. The average Bonchev–Trinajstić information content (AvgIpc) is 2.15. The number of carbonyl (C=O) groups is 3. The van der Waals surface area contributed by atoms with Crippen molar-refractivity contribution in [2.75, 3.05) is 0 Å². The van der Waals surface area contributed by atoms with Crippen molar-refractivity contribution in [1.29, 1.82) is 0 Å². The topological polar surface area (TPSA) is 158 Å². The van der Waals surface area contributed by atoms with Crippen LogP contribution in [-0.2, 0) is 14.4 Å². The fourth-order valence-corrected chi connectivity index (χ4v) is 0.258. The number of hydrogen-bond donors (Lipinski definition) is 3. The molecule has 2 unspecified atom stereocenters. The Bertz CT molecular complexity index is 270. The summed E-state index contributed by atoms with van der Waals surface area (Å²) >= 11 is 0. The molecule has 0 amide bonds. The van der Waals surface area contributed by atoms with Gasteiger partial charge in [0.1, 0.15) is 12.2 Å². The Kier molecular flexibility index (Phi) is 12.5.